The van der Waals surface area contributed by atoms with Crippen molar-refractivity contribution in [1.82, 2.24) is 14.5 Å². The van der Waals surface area contributed by atoms with Crippen LogP contribution in [0.4, 0.5) is 15.8 Å². The van der Waals surface area contributed by atoms with Crippen LogP contribution in [-0.4, -0.2) is 64.1 Å². The van der Waals surface area contributed by atoms with Crippen LogP contribution in [0.5, 0.6) is 5.75 Å². The van der Waals surface area contributed by atoms with Crippen LogP contribution in [0.25, 0.3) is 28.0 Å². The largest absolute Gasteiger partial charge is 0.507 e. The van der Waals surface area contributed by atoms with Gasteiger partial charge in [-0.3, -0.25) is 19.0 Å². The second-order valence-corrected chi connectivity index (χ2v) is 12.2. The number of benzene rings is 2. The highest BCUT2D eigenvalue weighted by Gasteiger charge is 2.45. The van der Waals surface area contributed by atoms with Gasteiger partial charge in [-0.2, -0.15) is 0 Å². The van der Waals surface area contributed by atoms with Crippen molar-refractivity contribution in [1.29, 1.82) is 0 Å². The van der Waals surface area contributed by atoms with Crippen molar-refractivity contribution in [2.45, 2.75) is 31.2 Å². The summed E-state index contributed by atoms with van der Waals surface area (Å²) in [4.78, 5) is 50.5. The van der Waals surface area contributed by atoms with Crippen LogP contribution < -0.4 is 15.4 Å². The van der Waals surface area contributed by atoms with E-state index in [9.17, 15) is 19.5 Å². The molecular formula is C33H29ClFN5O4. The second-order valence-electron chi connectivity index (χ2n) is 11.8. The quantitative estimate of drug-likeness (QED) is 0.333. The molecule has 7 rings (SSSR count). The Balaban J connectivity index is 1.57. The molecule has 3 aliphatic rings. The van der Waals surface area contributed by atoms with Gasteiger partial charge in [-0.1, -0.05) is 49.4 Å². The summed E-state index contributed by atoms with van der Waals surface area (Å²) in [6.07, 6.45) is 3.11. The Labute approximate surface area is 257 Å². The van der Waals surface area contributed by atoms with Gasteiger partial charge in [0.2, 0.25) is 5.91 Å². The number of likely N-dealkylation sites (N-methyl/N-ethyl adjacent to an activating group) is 1. The molecule has 224 valence electrons. The van der Waals surface area contributed by atoms with E-state index in [0.717, 1.165) is 18.4 Å². The van der Waals surface area contributed by atoms with Crippen molar-refractivity contribution in [2.24, 2.45) is 0 Å². The number of aromatic nitrogens is 2. The lowest BCUT2D eigenvalue weighted by atomic mass is 9.95. The Kier molecular flexibility index (Phi) is 6.33. The lowest BCUT2D eigenvalue weighted by Crippen LogP contribution is -2.63. The molecule has 9 nitrogen and oxygen atoms in total. The summed E-state index contributed by atoms with van der Waals surface area (Å²) in [6.45, 7) is 6.41. The molecule has 0 unspecified atom stereocenters. The molecule has 4 aromatic rings. The molecule has 2 aliphatic heterocycles. The average molecular weight is 614 g/mol. The molecule has 2 aromatic heterocycles. The number of carbonyl (C=O) groups is 2. The molecule has 1 saturated carbocycles. The summed E-state index contributed by atoms with van der Waals surface area (Å²) in [5.74, 6) is -1.67. The van der Waals surface area contributed by atoms with Gasteiger partial charge in [0.1, 0.15) is 28.9 Å². The van der Waals surface area contributed by atoms with E-state index in [1.807, 2.05) is 29.2 Å². The fourth-order valence-corrected chi connectivity index (χ4v) is 6.80. The SMILES string of the molecule is C=CC(=O)N1CCN2c3c(c(=O)n(-c4ccccc4C4(C)CC4)c4nc(-c5c(O)cccc5F)c(Cl)cc34)N(C)C(=O)[C@H]2C1. The van der Waals surface area contributed by atoms with Crippen LogP contribution in [-0.2, 0) is 15.0 Å². The van der Waals surface area contributed by atoms with Crippen molar-refractivity contribution in [2.75, 3.05) is 36.5 Å². The highest BCUT2D eigenvalue weighted by atomic mass is 35.5. The van der Waals surface area contributed by atoms with Gasteiger partial charge in [0.25, 0.3) is 11.5 Å². The molecule has 44 heavy (non-hydrogen) atoms. The number of phenolic OH excluding ortho intramolecular Hbond substituents is 1. The molecule has 2 aromatic carbocycles. The number of anilines is 2. The number of halogens is 2. The highest BCUT2D eigenvalue weighted by Crippen LogP contribution is 2.50. The second kappa shape index (κ2) is 9.92. The summed E-state index contributed by atoms with van der Waals surface area (Å²) in [5.41, 5.74) is 1.59. The summed E-state index contributed by atoms with van der Waals surface area (Å²) >= 11 is 6.81. The van der Waals surface area contributed by atoms with Crippen LogP contribution >= 0.6 is 11.6 Å². The number of hydrogen-bond donors (Lipinski definition) is 1. The molecule has 0 radical (unpaired) electrons. The predicted octanol–water partition coefficient (Wildman–Crippen LogP) is 4.78. The molecule has 1 aliphatic carbocycles. The minimum Gasteiger partial charge on any atom is -0.507 e. The van der Waals surface area contributed by atoms with Crippen LogP contribution in [0.15, 0.2) is 66.0 Å². The number of carbonyl (C=O) groups excluding carboxylic acids is 2. The monoisotopic (exact) mass is 613 g/mol. The number of fused-ring (bicyclic) bond motifs is 5. The highest BCUT2D eigenvalue weighted by molar-refractivity contribution is 6.34. The first-order valence-electron chi connectivity index (χ1n) is 14.4. The fraction of sp³-hybridized carbons (Fsp3) is 0.273. The minimum absolute atomic E-state index is 0.0174. The third kappa shape index (κ3) is 4.04. The number of rotatable bonds is 4. The van der Waals surface area contributed by atoms with Gasteiger partial charge in [0, 0.05) is 25.5 Å². The zero-order valence-corrected chi connectivity index (χ0v) is 24.9. The molecule has 1 saturated heterocycles. The smallest absolute Gasteiger partial charge is 0.282 e. The van der Waals surface area contributed by atoms with Crippen LogP contribution in [0.2, 0.25) is 5.02 Å². The van der Waals surface area contributed by atoms with Crippen molar-refractivity contribution in [3.05, 3.63) is 87.9 Å². The first kappa shape index (κ1) is 28.1. The number of hydrogen-bond acceptors (Lipinski definition) is 6. The van der Waals surface area contributed by atoms with E-state index in [2.05, 4.69) is 13.5 Å². The Bertz CT molecular complexity index is 1970. The standard InChI is InChI=1S/C33H29ClFN5O4/c1-4-25(42)38-14-15-39-23(17-38)31(43)37(3)29-28(39)18-16-20(34)27(26-21(35)9-7-11-24(26)41)36-30(18)40(32(29)44)22-10-6-5-8-19(22)33(2)12-13-33/h4-11,16,23,41H,1,12-15,17H2,2-3H3/t23-/m1/s1. The maximum Gasteiger partial charge on any atom is 0.282 e. The normalized spacial score (nSPS) is 18.7. The van der Waals surface area contributed by atoms with E-state index in [1.165, 1.54) is 33.7 Å². The lowest BCUT2D eigenvalue weighted by Gasteiger charge is -2.47. The summed E-state index contributed by atoms with van der Waals surface area (Å²) in [6, 6.07) is 12.4. The van der Waals surface area contributed by atoms with Gasteiger partial charge in [0.05, 0.1) is 34.2 Å². The topological polar surface area (TPSA) is 99.0 Å². The number of nitrogens with zero attached hydrogens (tertiary/aromatic N) is 5. The first-order valence-corrected chi connectivity index (χ1v) is 14.8. The molecule has 2 fully saturated rings. The summed E-state index contributed by atoms with van der Waals surface area (Å²) in [7, 11) is 1.55. The van der Waals surface area contributed by atoms with Gasteiger partial charge in [-0.05, 0) is 54.2 Å². The van der Waals surface area contributed by atoms with Crippen molar-refractivity contribution in [3.8, 4) is 22.7 Å². The van der Waals surface area contributed by atoms with E-state index >= 15 is 4.39 Å². The summed E-state index contributed by atoms with van der Waals surface area (Å²) < 4.78 is 16.6. The van der Waals surface area contributed by atoms with E-state index in [-0.39, 0.29) is 63.7 Å². The number of pyridine rings is 2. The Hall–Kier alpha value is -4.70. The molecule has 1 atom stereocenters. The molecule has 11 heteroatoms. The van der Waals surface area contributed by atoms with Crippen LogP contribution in [0, 0.1) is 5.82 Å². The Morgan fingerprint density at radius 2 is 1.89 bits per heavy atom. The van der Waals surface area contributed by atoms with Crippen molar-refractivity contribution < 1.29 is 19.1 Å². The third-order valence-electron chi connectivity index (χ3n) is 9.18. The minimum atomic E-state index is -0.754. The first-order chi connectivity index (χ1) is 21.1. The molecule has 2 amide bonds. The average Bonchev–Trinajstić information content (AvgIpc) is 3.77. The fourth-order valence-electron chi connectivity index (χ4n) is 6.55. The lowest BCUT2D eigenvalue weighted by molar-refractivity contribution is -0.128. The van der Waals surface area contributed by atoms with E-state index in [4.69, 9.17) is 16.6 Å². The maximum atomic E-state index is 15.1. The Morgan fingerprint density at radius 3 is 2.59 bits per heavy atom. The van der Waals surface area contributed by atoms with Crippen molar-refractivity contribution >= 4 is 45.8 Å². The van der Waals surface area contributed by atoms with Gasteiger partial charge in [0.15, 0.2) is 0 Å². The predicted molar refractivity (Wildman–Crippen MR) is 167 cm³/mol. The van der Waals surface area contributed by atoms with Crippen LogP contribution in [0.1, 0.15) is 25.3 Å². The van der Waals surface area contributed by atoms with Crippen LogP contribution in [0.3, 0.4) is 0 Å². The number of phenols is 1. The maximum absolute atomic E-state index is 15.1. The number of aromatic hydroxyl groups is 1. The number of piperazine rings is 1. The van der Waals surface area contributed by atoms with E-state index in [0.29, 0.717) is 23.3 Å². The van der Waals surface area contributed by atoms with E-state index in [1.54, 1.807) is 18.0 Å². The zero-order chi connectivity index (χ0) is 31.1. The van der Waals surface area contributed by atoms with Gasteiger partial charge in [-0.25, -0.2) is 9.37 Å². The molecule has 0 bridgehead atoms. The van der Waals surface area contributed by atoms with E-state index < -0.39 is 17.4 Å². The van der Waals surface area contributed by atoms with Gasteiger partial charge >= 0.3 is 0 Å². The summed E-state index contributed by atoms with van der Waals surface area (Å²) in [5, 5.41) is 11.2. The Morgan fingerprint density at radius 1 is 1.14 bits per heavy atom. The molecular weight excluding hydrogens is 585 g/mol. The molecule has 1 N–H and O–H groups in total. The number of amides is 2. The van der Waals surface area contributed by atoms with Gasteiger partial charge < -0.3 is 19.8 Å². The molecule has 0 spiro atoms. The molecule has 4 heterocycles. The van der Waals surface area contributed by atoms with Crippen molar-refractivity contribution in [3.63, 3.8) is 0 Å². The zero-order valence-electron chi connectivity index (χ0n) is 24.2. The van der Waals surface area contributed by atoms with Gasteiger partial charge in [-0.15, -0.1) is 0 Å². The third-order valence-corrected chi connectivity index (χ3v) is 9.47. The number of para-hydroxylation sites is 1.